The summed E-state index contributed by atoms with van der Waals surface area (Å²) in [6, 6.07) is 8.44. The van der Waals surface area contributed by atoms with E-state index in [2.05, 4.69) is 31.9 Å². The molecule has 1 amide bonds. The molecule has 1 saturated carbocycles. The number of para-hydroxylation sites is 2. The van der Waals surface area contributed by atoms with Crippen LogP contribution in [-0.4, -0.2) is 58.2 Å². The highest BCUT2D eigenvalue weighted by molar-refractivity contribution is 14.0. The number of hydrogen-bond acceptors (Lipinski definition) is 4. The van der Waals surface area contributed by atoms with E-state index in [9.17, 15) is 4.79 Å². The van der Waals surface area contributed by atoms with Crippen molar-refractivity contribution in [3.8, 4) is 5.75 Å². The van der Waals surface area contributed by atoms with E-state index in [0.717, 1.165) is 49.7 Å². The Hall–Kier alpha value is -1.71. The number of nitrogens with zero attached hydrogens (tertiary/aromatic N) is 2. The maximum absolute atomic E-state index is 11.6. The zero-order valence-corrected chi connectivity index (χ0v) is 18.4. The SMILES string of the molecule is CN=C(NCCNC(=O)C1CC1)NC1CCN(c2ccccc2OC)C1.I. The molecule has 1 aliphatic heterocycles. The van der Waals surface area contributed by atoms with Crippen molar-refractivity contribution >= 4 is 41.5 Å². The molecular formula is C19H30IN5O2. The van der Waals surface area contributed by atoms with Crippen molar-refractivity contribution in [1.29, 1.82) is 0 Å². The summed E-state index contributed by atoms with van der Waals surface area (Å²) in [4.78, 5) is 18.2. The van der Waals surface area contributed by atoms with Gasteiger partial charge in [-0.25, -0.2) is 0 Å². The third kappa shape index (κ3) is 6.15. The van der Waals surface area contributed by atoms with Gasteiger partial charge in [0.05, 0.1) is 12.8 Å². The molecule has 0 aromatic heterocycles. The topological polar surface area (TPSA) is 78.0 Å². The first-order valence-electron chi connectivity index (χ1n) is 9.34. The summed E-state index contributed by atoms with van der Waals surface area (Å²) in [7, 11) is 3.48. The van der Waals surface area contributed by atoms with Crippen LogP contribution in [0.4, 0.5) is 5.69 Å². The van der Waals surface area contributed by atoms with Crippen LogP contribution >= 0.6 is 24.0 Å². The quantitative estimate of drug-likeness (QED) is 0.236. The Labute approximate surface area is 178 Å². The first-order valence-corrected chi connectivity index (χ1v) is 9.34. The Bertz CT molecular complexity index is 651. The number of carbonyl (C=O) groups is 1. The number of benzene rings is 1. The molecule has 3 rings (SSSR count). The number of methoxy groups -OCH3 is 1. The maximum Gasteiger partial charge on any atom is 0.223 e. The Balaban J connectivity index is 0.00000261. The van der Waals surface area contributed by atoms with Gasteiger partial charge in [-0.15, -0.1) is 24.0 Å². The second-order valence-corrected chi connectivity index (χ2v) is 6.81. The largest absolute Gasteiger partial charge is 0.495 e. The number of nitrogens with one attached hydrogen (secondary N) is 3. The van der Waals surface area contributed by atoms with Crippen LogP contribution in [0.3, 0.4) is 0 Å². The molecule has 1 atom stereocenters. The first-order chi connectivity index (χ1) is 12.7. The normalized spacial score (nSPS) is 19.3. The molecule has 1 aliphatic carbocycles. The lowest BCUT2D eigenvalue weighted by Gasteiger charge is -2.22. The third-order valence-electron chi connectivity index (χ3n) is 4.84. The molecule has 1 unspecified atom stereocenters. The van der Waals surface area contributed by atoms with E-state index in [4.69, 9.17) is 4.74 Å². The lowest BCUT2D eigenvalue weighted by Crippen LogP contribution is -2.46. The molecule has 27 heavy (non-hydrogen) atoms. The van der Waals surface area contributed by atoms with Gasteiger partial charge >= 0.3 is 0 Å². The van der Waals surface area contributed by atoms with Gasteiger partial charge in [0.2, 0.25) is 5.91 Å². The summed E-state index contributed by atoms with van der Waals surface area (Å²) in [6.07, 6.45) is 3.11. The van der Waals surface area contributed by atoms with Crippen LogP contribution in [0, 0.1) is 5.92 Å². The lowest BCUT2D eigenvalue weighted by atomic mass is 10.2. The van der Waals surface area contributed by atoms with Crippen LogP contribution in [0.2, 0.25) is 0 Å². The molecule has 2 aliphatic rings. The summed E-state index contributed by atoms with van der Waals surface area (Å²) in [6.45, 7) is 3.17. The molecular weight excluding hydrogens is 457 g/mol. The highest BCUT2D eigenvalue weighted by atomic mass is 127. The van der Waals surface area contributed by atoms with Gasteiger partial charge in [-0.05, 0) is 31.4 Å². The van der Waals surface area contributed by atoms with E-state index >= 15 is 0 Å². The van der Waals surface area contributed by atoms with E-state index in [-0.39, 0.29) is 35.8 Å². The van der Waals surface area contributed by atoms with Gasteiger partial charge in [-0.3, -0.25) is 9.79 Å². The van der Waals surface area contributed by atoms with Crippen molar-refractivity contribution in [3.63, 3.8) is 0 Å². The van der Waals surface area contributed by atoms with Gasteiger partial charge in [-0.1, -0.05) is 12.1 Å². The van der Waals surface area contributed by atoms with Gasteiger partial charge in [0.1, 0.15) is 5.75 Å². The highest BCUT2D eigenvalue weighted by Crippen LogP contribution is 2.30. The molecule has 2 fully saturated rings. The predicted molar refractivity (Wildman–Crippen MR) is 119 cm³/mol. The van der Waals surface area contributed by atoms with Crippen molar-refractivity contribution < 1.29 is 9.53 Å². The minimum Gasteiger partial charge on any atom is -0.495 e. The van der Waals surface area contributed by atoms with Crippen molar-refractivity contribution in [1.82, 2.24) is 16.0 Å². The standard InChI is InChI=1S/C19H29N5O2.HI/c1-20-19(22-11-10-21-18(25)14-7-8-14)23-15-9-12-24(13-15)16-5-3-4-6-17(16)26-2;/h3-6,14-15H,7-13H2,1-2H3,(H,21,25)(H2,20,22,23);1H. The van der Waals surface area contributed by atoms with Crippen LogP contribution in [0.25, 0.3) is 0 Å². The number of amides is 1. The second kappa shape index (κ2) is 10.6. The summed E-state index contributed by atoms with van der Waals surface area (Å²) in [5.41, 5.74) is 1.13. The average molecular weight is 487 g/mol. The molecule has 1 aromatic rings. The minimum atomic E-state index is 0. The van der Waals surface area contributed by atoms with Crippen LogP contribution in [-0.2, 0) is 4.79 Å². The molecule has 1 saturated heterocycles. The Morgan fingerprint density at radius 1 is 1.22 bits per heavy atom. The average Bonchev–Trinajstić information content (AvgIpc) is 3.43. The van der Waals surface area contributed by atoms with Gasteiger partial charge in [0, 0.05) is 45.2 Å². The zero-order chi connectivity index (χ0) is 18.4. The molecule has 150 valence electrons. The number of ether oxygens (including phenoxy) is 1. The number of rotatable bonds is 7. The Kier molecular flexibility index (Phi) is 8.46. The number of halogens is 1. The molecule has 1 heterocycles. The lowest BCUT2D eigenvalue weighted by molar-refractivity contribution is -0.122. The second-order valence-electron chi connectivity index (χ2n) is 6.81. The highest BCUT2D eigenvalue weighted by Gasteiger charge is 2.29. The van der Waals surface area contributed by atoms with E-state index in [1.165, 1.54) is 0 Å². The number of hydrogen-bond donors (Lipinski definition) is 3. The molecule has 1 aromatic carbocycles. The molecule has 7 nitrogen and oxygen atoms in total. The van der Waals surface area contributed by atoms with Crippen LogP contribution < -0.4 is 25.6 Å². The minimum absolute atomic E-state index is 0. The summed E-state index contributed by atoms with van der Waals surface area (Å²) >= 11 is 0. The fourth-order valence-electron chi connectivity index (χ4n) is 3.23. The van der Waals surface area contributed by atoms with Crippen molar-refractivity contribution in [2.45, 2.75) is 25.3 Å². The van der Waals surface area contributed by atoms with Gasteiger partial charge < -0.3 is 25.6 Å². The van der Waals surface area contributed by atoms with Crippen molar-refractivity contribution in [2.75, 3.05) is 45.2 Å². The van der Waals surface area contributed by atoms with E-state index in [0.29, 0.717) is 19.1 Å². The number of guanidine groups is 1. The Morgan fingerprint density at radius 2 is 1.96 bits per heavy atom. The van der Waals surface area contributed by atoms with Crippen molar-refractivity contribution in [3.05, 3.63) is 24.3 Å². The smallest absolute Gasteiger partial charge is 0.223 e. The molecule has 0 bridgehead atoms. The van der Waals surface area contributed by atoms with Crippen LogP contribution in [0.5, 0.6) is 5.75 Å². The predicted octanol–water partition coefficient (Wildman–Crippen LogP) is 1.58. The number of carbonyl (C=O) groups excluding carboxylic acids is 1. The van der Waals surface area contributed by atoms with Crippen molar-refractivity contribution in [2.24, 2.45) is 10.9 Å². The monoisotopic (exact) mass is 487 g/mol. The van der Waals surface area contributed by atoms with Gasteiger partial charge in [0.25, 0.3) is 0 Å². The number of anilines is 1. The van der Waals surface area contributed by atoms with E-state index in [1.54, 1.807) is 14.2 Å². The Morgan fingerprint density at radius 3 is 2.67 bits per heavy atom. The fraction of sp³-hybridized carbons (Fsp3) is 0.579. The fourth-order valence-corrected chi connectivity index (χ4v) is 3.23. The number of aliphatic imine (C=N–C) groups is 1. The first kappa shape index (κ1) is 21.6. The summed E-state index contributed by atoms with van der Waals surface area (Å²) in [5.74, 6) is 2.12. The maximum atomic E-state index is 11.6. The zero-order valence-electron chi connectivity index (χ0n) is 16.0. The molecule has 0 spiro atoms. The van der Waals surface area contributed by atoms with Gasteiger partial charge in [0.15, 0.2) is 5.96 Å². The summed E-state index contributed by atoms with van der Waals surface area (Å²) < 4.78 is 5.47. The van der Waals surface area contributed by atoms with Crippen LogP contribution in [0.1, 0.15) is 19.3 Å². The van der Waals surface area contributed by atoms with Crippen LogP contribution in [0.15, 0.2) is 29.3 Å². The third-order valence-corrected chi connectivity index (χ3v) is 4.84. The summed E-state index contributed by atoms with van der Waals surface area (Å²) in [5, 5.41) is 9.69. The van der Waals surface area contributed by atoms with E-state index in [1.807, 2.05) is 18.2 Å². The molecule has 0 radical (unpaired) electrons. The van der Waals surface area contributed by atoms with Gasteiger partial charge in [-0.2, -0.15) is 0 Å². The molecule has 8 heteroatoms. The molecule has 3 N–H and O–H groups in total. The van der Waals surface area contributed by atoms with E-state index < -0.39 is 0 Å².